The van der Waals surface area contributed by atoms with Crippen LogP contribution in [-0.4, -0.2) is 25.5 Å². The summed E-state index contributed by atoms with van der Waals surface area (Å²) in [6, 6.07) is 17.8. The van der Waals surface area contributed by atoms with Gasteiger partial charge in [-0.05, 0) is 66.9 Å². The van der Waals surface area contributed by atoms with E-state index < -0.39 is 5.91 Å². The molecule has 2 amide bonds. The van der Waals surface area contributed by atoms with Gasteiger partial charge in [0.25, 0.3) is 11.8 Å². The fourth-order valence-electron chi connectivity index (χ4n) is 3.21. The highest BCUT2D eigenvalue weighted by Crippen LogP contribution is 2.36. The molecule has 0 fully saturated rings. The highest BCUT2D eigenvalue weighted by atomic mass is 32.1. The monoisotopic (exact) mass is 420 g/mol. The third-order valence-corrected chi connectivity index (χ3v) is 5.50. The number of amides is 2. The first kappa shape index (κ1) is 19.7. The average molecular weight is 420 g/mol. The van der Waals surface area contributed by atoms with Gasteiger partial charge in [0.2, 0.25) is 0 Å². The van der Waals surface area contributed by atoms with Gasteiger partial charge in [-0.25, -0.2) is 4.90 Å². The van der Waals surface area contributed by atoms with Crippen LogP contribution in [0.1, 0.15) is 11.8 Å². The summed E-state index contributed by atoms with van der Waals surface area (Å²) >= 11 is 1.42. The van der Waals surface area contributed by atoms with E-state index in [4.69, 9.17) is 9.47 Å². The molecule has 0 aliphatic carbocycles. The highest BCUT2D eigenvalue weighted by molar-refractivity contribution is 7.11. The van der Waals surface area contributed by atoms with Crippen LogP contribution in [0.2, 0.25) is 0 Å². The normalized spacial score (nSPS) is 13.7. The van der Waals surface area contributed by atoms with Crippen LogP contribution >= 0.6 is 11.3 Å². The van der Waals surface area contributed by atoms with Gasteiger partial charge < -0.3 is 14.8 Å². The lowest BCUT2D eigenvalue weighted by Crippen LogP contribution is -2.32. The maximum absolute atomic E-state index is 13.3. The summed E-state index contributed by atoms with van der Waals surface area (Å²) in [6.45, 7) is 2.44. The van der Waals surface area contributed by atoms with Crippen molar-refractivity contribution in [3.63, 3.8) is 0 Å². The van der Waals surface area contributed by atoms with E-state index in [1.807, 2.05) is 24.4 Å². The summed E-state index contributed by atoms with van der Waals surface area (Å²) < 4.78 is 10.6. The largest absolute Gasteiger partial charge is 0.497 e. The second-order valence-corrected chi connectivity index (χ2v) is 7.40. The van der Waals surface area contributed by atoms with E-state index in [-0.39, 0.29) is 11.6 Å². The maximum atomic E-state index is 13.3. The third-order valence-electron chi connectivity index (χ3n) is 4.62. The van der Waals surface area contributed by atoms with Crippen molar-refractivity contribution >= 4 is 40.1 Å². The number of anilines is 2. The zero-order chi connectivity index (χ0) is 21.1. The molecule has 0 unspecified atom stereocenters. The molecule has 30 heavy (non-hydrogen) atoms. The Balaban J connectivity index is 1.70. The number of thiophene rings is 1. The van der Waals surface area contributed by atoms with Gasteiger partial charge in [0.05, 0.1) is 25.0 Å². The van der Waals surface area contributed by atoms with Crippen LogP contribution in [-0.2, 0) is 9.59 Å². The van der Waals surface area contributed by atoms with Gasteiger partial charge >= 0.3 is 0 Å². The van der Waals surface area contributed by atoms with Crippen LogP contribution in [0.3, 0.4) is 0 Å². The summed E-state index contributed by atoms with van der Waals surface area (Å²) in [7, 11) is 1.59. The minimum atomic E-state index is -0.400. The number of carbonyl (C=O) groups excluding carboxylic acids is 2. The van der Waals surface area contributed by atoms with Crippen molar-refractivity contribution in [1.29, 1.82) is 0 Å². The van der Waals surface area contributed by atoms with Crippen LogP contribution in [0.5, 0.6) is 11.5 Å². The number of hydrogen-bond donors (Lipinski definition) is 1. The van der Waals surface area contributed by atoms with Crippen molar-refractivity contribution < 1.29 is 19.1 Å². The molecule has 0 radical (unpaired) electrons. The van der Waals surface area contributed by atoms with Crippen molar-refractivity contribution in [2.45, 2.75) is 6.92 Å². The van der Waals surface area contributed by atoms with Crippen LogP contribution in [0.15, 0.2) is 71.7 Å². The molecule has 6 nitrogen and oxygen atoms in total. The number of methoxy groups -OCH3 is 1. The first-order valence-electron chi connectivity index (χ1n) is 9.43. The second-order valence-electron chi connectivity index (χ2n) is 6.45. The summed E-state index contributed by atoms with van der Waals surface area (Å²) in [5.41, 5.74) is 1.80. The summed E-state index contributed by atoms with van der Waals surface area (Å²) in [4.78, 5) is 28.5. The van der Waals surface area contributed by atoms with Gasteiger partial charge in [0, 0.05) is 10.6 Å². The lowest BCUT2D eigenvalue weighted by atomic mass is 10.2. The fourth-order valence-corrected chi connectivity index (χ4v) is 3.97. The van der Waals surface area contributed by atoms with Crippen LogP contribution < -0.4 is 19.7 Å². The Morgan fingerprint density at radius 3 is 2.23 bits per heavy atom. The standard InChI is InChI=1S/C23H20N2O4S/c1-3-29-18-12-8-16(9-13-18)25-22(26)20(19-5-4-14-30-19)21(23(25)27)24-15-6-10-17(28-2)11-7-15/h4-14,24H,3H2,1-2H3. The van der Waals surface area contributed by atoms with Gasteiger partial charge in [0.15, 0.2) is 0 Å². The molecular weight excluding hydrogens is 400 g/mol. The molecule has 0 bridgehead atoms. The molecule has 0 saturated heterocycles. The van der Waals surface area contributed by atoms with Gasteiger partial charge in [-0.1, -0.05) is 6.07 Å². The molecule has 0 saturated carbocycles. The highest BCUT2D eigenvalue weighted by Gasteiger charge is 2.40. The second kappa shape index (κ2) is 8.42. The first-order chi connectivity index (χ1) is 14.6. The Hall–Kier alpha value is -3.58. The Labute approximate surface area is 178 Å². The van der Waals surface area contributed by atoms with Gasteiger partial charge in [-0.3, -0.25) is 9.59 Å². The number of nitrogens with zero attached hydrogens (tertiary/aromatic N) is 1. The molecule has 7 heteroatoms. The summed E-state index contributed by atoms with van der Waals surface area (Å²) in [5, 5.41) is 5.02. The minimum Gasteiger partial charge on any atom is -0.497 e. The molecule has 1 aromatic heterocycles. The van der Waals surface area contributed by atoms with Crippen LogP contribution in [0.4, 0.5) is 11.4 Å². The summed E-state index contributed by atoms with van der Waals surface area (Å²) in [5.74, 6) is 0.632. The predicted octanol–water partition coefficient (Wildman–Crippen LogP) is 4.55. The van der Waals surface area contributed by atoms with E-state index >= 15 is 0 Å². The average Bonchev–Trinajstić information content (AvgIpc) is 3.37. The van der Waals surface area contributed by atoms with Gasteiger partial charge in [-0.2, -0.15) is 0 Å². The van der Waals surface area contributed by atoms with E-state index in [1.165, 1.54) is 16.2 Å². The topological polar surface area (TPSA) is 67.9 Å². The van der Waals surface area contributed by atoms with E-state index in [0.29, 0.717) is 35.1 Å². The molecule has 2 aromatic carbocycles. The zero-order valence-electron chi connectivity index (χ0n) is 16.5. The predicted molar refractivity (Wildman–Crippen MR) is 118 cm³/mol. The van der Waals surface area contributed by atoms with Crippen molar-refractivity contribution in [1.82, 2.24) is 0 Å². The minimum absolute atomic E-state index is 0.251. The van der Waals surface area contributed by atoms with E-state index in [9.17, 15) is 9.59 Å². The fraction of sp³-hybridized carbons (Fsp3) is 0.130. The number of carbonyl (C=O) groups is 2. The molecule has 1 aliphatic rings. The number of nitrogens with one attached hydrogen (secondary N) is 1. The van der Waals surface area contributed by atoms with Gasteiger partial charge in [-0.15, -0.1) is 11.3 Å². The Kier molecular flexibility index (Phi) is 5.54. The van der Waals surface area contributed by atoms with Crippen molar-refractivity contribution in [2.75, 3.05) is 23.9 Å². The number of hydrogen-bond acceptors (Lipinski definition) is 6. The molecule has 0 atom stereocenters. The van der Waals surface area contributed by atoms with Crippen molar-refractivity contribution in [3.05, 3.63) is 76.6 Å². The quantitative estimate of drug-likeness (QED) is 0.568. The zero-order valence-corrected chi connectivity index (χ0v) is 17.4. The molecule has 3 aromatic rings. The Bertz CT molecular complexity index is 1090. The van der Waals surface area contributed by atoms with E-state index in [1.54, 1.807) is 55.6 Å². The third kappa shape index (κ3) is 3.67. The van der Waals surface area contributed by atoms with Gasteiger partial charge in [0.1, 0.15) is 17.2 Å². The van der Waals surface area contributed by atoms with Crippen LogP contribution in [0, 0.1) is 0 Å². The maximum Gasteiger partial charge on any atom is 0.282 e. The molecule has 4 rings (SSSR count). The molecule has 1 N–H and O–H groups in total. The van der Waals surface area contributed by atoms with E-state index in [0.717, 1.165) is 4.88 Å². The SMILES string of the molecule is CCOc1ccc(N2C(=O)C(Nc3ccc(OC)cc3)=C(c3cccs3)C2=O)cc1. The van der Waals surface area contributed by atoms with E-state index in [2.05, 4.69) is 5.32 Å². The Morgan fingerprint density at radius 1 is 0.933 bits per heavy atom. The number of benzene rings is 2. The first-order valence-corrected chi connectivity index (χ1v) is 10.3. The smallest absolute Gasteiger partial charge is 0.282 e. The lowest BCUT2D eigenvalue weighted by molar-refractivity contribution is -0.120. The molecule has 2 heterocycles. The molecule has 0 spiro atoms. The van der Waals surface area contributed by atoms with Crippen LogP contribution in [0.25, 0.3) is 5.57 Å². The van der Waals surface area contributed by atoms with Crippen molar-refractivity contribution in [3.8, 4) is 11.5 Å². The number of rotatable bonds is 7. The Morgan fingerprint density at radius 2 is 1.63 bits per heavy atom. The molecular formula is C23H20N2O4S. The molecule has 1 aliphatic heterocycles. The summed E-state index contributed by atoms with van der Waals surface area (Å²) in [6.07, 6.45) is 0. The lowest BCUT2D eigenvalue weighted by Gasteiger charge is -2.16. The number of imide groups is 1. The molecule has 152 valence electrons. The van der Waals surface area contributed by atoms with Crippen molar-refractivity contribution in [2.24, 2.45) is 0 Å². The number of ether oxygens (including phenoxy) is 2.